The molecule has 2 amide bonds. The molecule has 1 aromatic rings. The number of benzene rings is 1. The molecule has 1 fully saturated rings. The second-order valence-corrected chi connectivity index (χ2v) is 11.4. The molecule has 1 aromatic carbocycles. The number of phenolic OH excluding ortho intramolecular Hbond substituents is 1. The number of hydrogen-bond donors (Lipinski definition) is 5. The van der Waals surface area contributed by atoms with Crippen molar-refractivity contribution in [2.45, 2.75) is 37.7 Å². The largest absolute Gasteiger partial charge is 0.507 e. The van der Waals surface area contributed by atoms with Gasteiger partial charge in [0.25, 0.3) is 5.91 Å². The Morgan fingerprint density at radius 2 is 1.86 bits per heavy atom. The second-order valence-electron chi connectivity index (χ2n) is 11.4. The zero-order chi connectivity index (χ0) is 31.2. The molecule has 0 aromatic heterocycles. The lowest BCUT2D eigenvalue weighted by molar-refractivity contribution is -0.157. The first-order valence-electron chi connectivity index (χ1n) is 13.7. The maximum atomic E-state index is 13.7. The van der Waals surface area contributed by atoms with Crippen LogP contribution in [0.4, 0.5) is 0 Å². The molecular weight excluding hydrogens is 556 g/mol. The van der Waals surface area contributed by atoms with Crippen molar-refractivity contribution in [1.29, 1.82) is 0 Å². The van der Waals surface area contributed by atoms with E-state index in [0.29, 0.717) is 24.0 Å². The number of nitrogens with one attached hydrogen (secondary N) is 1. The van der Waals surface area contributed by atoms with Crippen LogP contribution in [-0.4, -0.2) is 69.8 Å². The molecule has 0 saturated heterocycles. The quantitative estimate of drug-likeness (QED) is 0.146. The van der Waals surface area contributed by atoms with Crippen molar-refractivity contribution in [3.63, 3.8) is 0 Å². The van der Waals surface area contributed by atoms with Crippen LogP contribution in [0.15, 0.2) is 57.6 Å². The van der Waals surface area contributed by atoms with Gasteiger partial charge < -0.3 is 31.3 Å². The lowest BCUT2D eigenvalue weighted by Crippen LogP contribution is -2.61. The SMILES string of the molecule is CN(C)CC(=O)NC1=CC=C(C#Cc2ccc(O)c3c2C[C@H]2C[C@H]4CC(N=O)=C(C(N)=O)C(=O)[C@@]4(O)C(=O)C2=C3O)CC1. The van der Waals surface area contributed by atoms with Gasteiger partial charge in [0.15, 0.2) is 5.60 Å². The summed E-state index contributed by atoms with van der Waals surface area (Å²) in [7, 11) is 3.62. The number of allylic oxidation sites excluding steroid dienone is 5. The molecule has 3 atom stereocenters. The Morgan fingerprint density at radius 3 is 2.49 bits per heavy atom. The van der Waals surface area contributed by atoms with E-state index in [-0.39, 0.29) is 48.6 Å². The van der Waals surface area contributed by atoms with E-state index in [1.807, 2.05) is 20.2 Å². The van der Waals surface area contributed by atoms with Crippen LogP contribution >= 0.6 is 0 Å². The molecule has 222 valence electrons. The smallest absolute Gasteiger partial charge is 0.254 e. The Hall–Kier alpha value is -4.86. The molecule has 43 heavy (non-hydrogen) atoms. The van der Waals surface area contributed by atoms with Gasteiger partial charge in [-0.25, -0.2) is 0 Å². The van der Waals surface area contributed by atoms with E-state index in [1.165, 1.54) is 6.07 Å². The van der Waals surface area contributed by atoms with Crippen LogP contribution in [0.1, 0.15) is 42.4 Å². The first kappa shape index (κ1) is 29.6. The third-order valence-corrected chi connectivity index (χ3v) is 8.32. The van der Waals surface area contributed by atoms with E-state index >= 15 is 0 Å². The maximum absolute atomic E-state index is 13.7. The Balaban J connectivity index is 1.48. The summed E-state index contributed by atoms with van der Waals surface area (Å²) in [6, 6.07) is 2.94. The number of aromatic hydroxyl groups is 1. The van der Waals surface area contributed by atoms with Gasteiger partial charge in [-0.1, -0.05) is 11.8 Å². The summed E-state index contributed by atoms with van der Waals surface area (Å²) >= 11 is 0. The van der Waals surface area contributed by atoms with Crippen molar-refractivity contribution in [3.05, 3.63) is 74.0 Å². The van der Waals surface area contributed by atoms with Gasteiger partial charge in [-0.05, 0) is 80.7 Å². The molecule has 0 bridgehead atoms. The third kappa shape index (κ3) is 5.07. The van der Waals surface area contributed by atoms with Crippen molar-refractivity contribution in [3.8, 4) is 17.6 Å². The van der Waals surface area contributed by atoms with Crippen molar-refractivity contribution in [2.75, 3.05) is 20.6 Å². The fourth-order valence-corrected chi connectivity index (χ4v) is 6.32. The van der Waals surface area contributed by atoms with Gasteiger partial charge >= 0.3 is 0 Å². The summed E-state index contributed by atoms with van der Waals surface area (Å²) in [5.41, 5.74) is 3.63. The van der Waals surface area contributed by atoms with Crippen LogP contribution in [0, 0.1) is 28.6 Å². The predicted octanol–water partition coefficient (Wildman–Crippen LogP) is 1.27. The number of ketones is 2. The Kier molecular flexibility index (Phi) is 7.64. The van der Waals surface area contributed by atoms with Gasteiger partial charge in [0.1, 0.15) is 22.8 Å². The first-order valence-corrected chi connectivity index (χ1v) is 13.7. The number of Topliss-reactive ketones (excluding diaryl/α,β-unsaturated/α-hetero) is 2. The number of carbonyl (C=O) groups is 4. The second kappa shape index (κ2) is 11.1. The van der Waals surface area contributed by atoms with Crippen LogP contribution < -0.4 is 11.1 Å². The number of carbonyl (C=O) groups excluding carboxylic acids is 4. The monoisotopic (exact) mass is 586 g/mol. The minimum absolute atomic E-state index is 0.0126. The average Bonchev–Trinajstić information content (AvgIpc) is 2.94. The molecule has 12 heteroatoms. The fourth-order valence-electron chi connectivity index (χ4n) is 6.32. The number of hydrogen-bond acceptors (Lipinski definition) is 10. The normalized spacial score (nSPS) is 24.7. The molecule has 0 aliphatic heterocycles. The van der Waals surface area contributed by atoms with Gasteiger partial charge in [-0.2, -0.15) is 0 Å². The summed E-state index contributed by atoms with van der Waals surface area (Å²) in [6.45, 7) is 0.270. The van der Waals surface area contributed by atoms with Crippen molar-refractivity contribution in [1.82, 2.24) is 10.2 Å². The first-order chi connectivity index (χ1) is 20.4. The Morgan fingerprint density at radius 1 is 1.12 bits per heavy atom. The zero-order valence-corrected chi connectivity index (χ0v) is 23.6. The fraction of sp³-hybridized carbons (Fsp3) is 0.355. The lowest BCUT2D eigenvalue weighted by Gasteiger charge is -2.45. The van der Waals surface area contributed by atoms with Crippen LogP contribution in [0.3, 0.4) is 0 Å². The van der Waals surface area contributed by atoms with Crippen LogP contribution in [0.25, 0.3) is 5.76 Å². The number of aliphatic hydroxyl groups excluding tert-OH is 1. The molecule has 6 N–H and O–H groups in total. The topological polar surface area (TPSA) is 200 Å². The number of nitrogens with zero attached hydrogens (tertiary/aromatic N) is 2. The highest BCUT2D eigenvalue weighted by atomic mass is 16.3. The van der Waals surface area contributed by atoms with Crippen molar-refractivity contribution >= 4 is 29.1 Å². The number of phenols is 1. The number of rotatable bonds is 5. The maximum Gasteiger partial charge on any atom is 0.254 e. The van der Waals surface area contributed by atoms with Gasteiger partial charge in [0.05, 0.1) is 12.1 Å². The highest BCUT2D eigenvalue weighted by Crippen LogP contribution is 2.51. The number of nitroso groups, excluding NO2 is 1. The van der Waals surface area contributed by atoms with E-state index in [4.69, 9.17) is 5.73 Å². The number of primary amides is 1. The van der Waals surface area contributed by atoms with E-state index in [1.54, 1.807) is 17.0 Å². The predicted molar refractivity (Wildman–Crippen MR) is 154 cm³/mol. The van der Waals surface area contributed by atoms with E-state index in [9.17, 15) is 39.4 Å². The number of nitrogens with two attached hydrogens (primary N) is 1. The van der Waals surface area contributed by atoms with Crippen molar-refractivity contribution < 1.29 is 34.5 Å². The van der Waals surface area contributed by atoms with Gasteiger partial charge in [-0.3, -0.25) is 19.2 Å². The standard InChI is InChI=1S/C31H30N4O8/c1-35(2)14-23(37)33-19-8-4-15(5-9-19)3-6-16-7-10-22(36)25-20(16)12-17-11-18-13-21(34-43)26(30(32)41)29(40)31(18,42)28(39)24(17)27(25)38/h4,7-8,10,17-18,36,38,42H,5,9,11-14H2,1-2H3,(H2,32,41)(H,33,37)/t17-,18+,31+/m1/s1. The molecule has 1 saturated carbocycles. The third-order valence-electron chi connectivity index (χ3n) is 8.32. The minimum atomic E-state index is -2.71. The summed E-state index contributed by atoms with van der Waals surface area (Å²) < 4.78 is 0. The van der Waals surface area contributed by atoms with Crippen LogP contribution in [0.5, 0.6) is 5.75 Å². The molecule has 0 unspecified atom stereocenters. The minimum Gasteiger partial charge on any atom is -0.507 e. The highest BCUT2D eigenvalue weighted by molar-refractivity contribution is 6.32. The number of aliphatic hydroxyl groups is 2. The molecule has 5 rings (SSSR count). The zero-order valence-electron chi connectivity index (χ0n) is 23.6. The number of likely N-dealkylation sites (N-methyl/N-ethyl adjacent to an activating group) is 1. The van der Waals surface area contributed by atoms with E-state index < -0.39 is 51.9 Å². The van der Waals surface area contributed by atoms with Gasteiger partial charge in [0.2, 0.25) is 17.5 Å². The van der Waals surface area contributed by atoms with Crippen LogP contribution in [0.2, 0.25) is 0 Å². The molecule has 0 heterocycles. The summed E-state index contributed by atoms with van der Waals surface area (Å²) in [6.07, 6.45) is 4.65. The summed E-state index contributed by atoms with van der Waals surface area (Å²) in [4.78, 5) is 64.0. The molecule has 4 aliphatic carbocycles. The molecule has 0 radical (unpaired) electrons. The Labute approximate surface area is 246 Å². The lowest BCUT2D eigenvalue weighted by atomic mass is 9.58. The molecule has 0 spiro atoms. The summed E-state index contributed by atoms with van der Waals surface area (Å²) in [5, 5.41) is 39.0. The number of amides is 2. The molecular formula is C31H30N4O8. The van der Waals surface area contributed by atoms with Gasteiger partial charge in [0, 0.05) is 34.7 Å². The average molecular weight is 587 g/mol. The Bertz CT molecular complexity index is 1690. The van der Waals surface area contributed by atoms with Crippen LogP contribution in [-0.2, 0) is 25.6 Å². The highest BCUT2D eigenvalue weighted by Gasteiger charge is 2.61. The van der Waals surface area contributed by atoms with Gasteiger partial charge in [-0.15, -0.1) is 4.91 Å². The molecule has 12 nitrogen and oxygen atoms in total. The summed E-state index contributed by atoms with van der Waals surface area (Å²) in [5.74, 6) is -0.265. The van der Waals surface area contributed by atoms with E-state index in [2.05, 4.69) is 22.3 Å². The van der Waals surface area contributed by atoms with Crippen molar-refractivity contribution in [2.24, 2.45) is 22.7 Å². The number of fused-ring (bicyclic) bond motifs is 3. The van der Waals surface area contributed by atoms with E-state index in [0.717, 1.165) is 11.3 Å². The molecule has 4 aliphatic rings.